The molecule has 0 bridgehead atoms. The van der Waals surface area contributed by atoms with E-state index in [4.69, 9.17) is 4.74 Å². The zero-order chi connectivity index (χ0) is 12.3. The van der Waals surface area contributed by atoms with Gasteiger partial charge in [0, 0.05) is 13.5 Å². The van der Waals surface area contributed by atoms with Crippen LogP contribution in [0.2, 0.25) is 0 Å². The van der Waals surface area contributed by atoms with Crippen LogP contribution in [0.3, 0.4) is 0 Å². The van der Waals surface area contributed by atoms with Gasteiger partial charge in [0.1, 0.15) is 0 Å². The normalized spacial score (nSPS) is 43.6. The lowest BCUT2D eigenvalue weighted by Crippen LogP contribution is -2.46. The first-order chi connectivity index (χ1) is 8.18. The zero-order valence-corrected chi connectivity index (χ0v) is 11.5. The fourth-order valence-corrected chi connectivity index (χ4v) is 3.96. The maximum absolute atomic E-state index is 10.9. The highest BCUT2D eigenvalue weighted by Crippen LogP contribution is 2.44. The van der Waals surface area contributed by atoms with E-state index in [1.54, 1.807) is 7.11 Å². The molecule has 100 valence electrons. The molecular weight excluding hydrogens is 212 g/mol. The molecule has 0 heterocycles. The predicted octanol–water partition coefficient (Wildman–Crippen LogP) is 3.52. The van der Waals surface area contributed by atoms with Gasteiger partial charge in [-0.25, -0.2) is 0 Å². The standard InChI is InChI=1S/C15H28O2/c1-3-12-6-4-7-13(10-12)15(16)9-5-8-14(11-15)17-2/h12-14,16H,3-11H2,1-2H3. The van der Waals surface area contributed by atoms with E-state index < -0.39 is 5.60 Å². The molecule has 0 aliphatic heterocycles. The fraction of sp³-hybridized carbons (Fsp3) is 1.00. The number of aliphatic hydroxyl groups is 1. The van der Waals surface area contributed by atoms with Gasteiger partial charge in [-0.1, -0.05) is 26.2 Å². The Kier molecular flexibility index (Phi) is 4.48. The number of methoxy groups -OCH3 is 1. The summed E-state index contributed by atoms with van der Waals surface area (Å²) in [6.45, 7) is 2.29. The molecule has 0 aromatic carbocycles. The Morgan fingerprint density at radius 2 is 2.06 bits per heavy atom. The van der Waals surface area contributed by atoms with Crippen LogP contribution in [0.1, 0.15) is 64.7 Å². The Hall–Kier alpha value is -0.0800. The van der Waals surface area contributed by atoms with Crippen molar-refractivity contribution in [2.24, 2.45) is 11.8 Å². The molecule has 0 aromatic heterocycles. The average molecular weight is 240 g/mol. The molecular formula is C15H28O2. The predicted molar refractivity (Wildman–Crippen MR) is 70.0 cm³/mol. The Morgan fingerprint density at radius 3 is 2.76 bits per heavy atom. The van der Waals surface area contributed by atoms with Gasteiger partial charge in [0.2, 0.25) is 0 Å². The van der Waals surface area contributed by atoms with Gasteiger partial charge in [0.15, 0.2) is 0 Å². The minimum absolute atomic E-state index is 0.288. The maximum Gasteiger partial charge on any atom is 0.0700 e. The monoisotopic (exact) mass is 240 g/mol. The molecule has 2 aliphatic carbocycles. The van der Waals surface area contributed by atoms with Gasteiger partial charge in [-0.15, -0.1) is 0 Å². The van der Waals surface area contributed by atoms with Crippen LogP contribution in [-0.4, -0.2) is 23.9 Å². The van der Waals surface area contributed by atoms with E-state index in [0.29, 0.717) is 5.92 Å². The quantitative estimate of drug-likeness (QED) is 0.818. The second kappa shape index (κ2) is 5.71. The molecule has 2 aliphatic rings. The topological polar surface area (TPSA) is 29.5 Å². The fourth-order valence-electron chi connectivity index (χ4n) is 3.96. The first-order valence-corrected chi connectivity index (χ1v) is 7.43. The van der Waals surface area contributed by atoms with Crippen molar-refractivity contribution in [1.82, 2.24) is 0 Å². The molecule has 0 aromatic rings. The number of rotatable bonds is 3. The lowest BCUT2D eigenvalue weighted by atomic mass is 9.66. The third kappa shape index (κ3) is 3.03. The van der Waals surface area contributed by atoms with Crippen LogP contribution in [0.4, 0.5) is 0 Å². The van der Waals surface area contributed by atoms with Gasteiger partial charge in [-0.3, -0.25) is 0 Å². The molecule has 1 N–H and O–H groups in total. The maximum atomic E-state index is 10.9. The summed E-state index contributed by atoms with van der Waals surface area (Å²) in [4.78, 5) is 0. The molecule has 2 saturated carbocycles. The number of hydrogen-bond acceptors (Lipinski definition) is 2. The second-order valence-corrected chi connectivity index (χ2v) is 6.20. The van der Waals surface area contributed by atoms with Crippen molar-refractivity contribution in [2.45, 2.75) is 76.4 Å². The van der Waals surface area contributed by atoms with Crippen LogP contribution in [0, 0.1) is 11.8 Å². The SMILES string of the molecule is CCC1CCCC(C2(O)CCCC(OC)C2)C1. The highest BCUT2D eigenvalue weighted by atomic mass is 16.5. The number of ether oxygens (including phenoxy) is 1. The Labute approximate surface area is 106 Å². The molecule has 0 radical (unpaired) electrons. The van der Waals surface area contributed by atoms with Gasteiger partial charge in [-0.2, -0.15) is 0 Å². The van der Waals surface area contributed by atoms with Crippen LogP contribution >= 0.6 is 0 Å². The van der Waals surface area contributed by atoms with Crippen LogP contribution in [0.25, 0.3) is 0 Å². The second-order valence-electron chi connectivity index (χ2n) is 6.20. The van der Waals surface area contributed by atoms with Crippen molar-refractivity contribution < 1.29 is 9.84 Å². The molecule has 2 nitrogen and oxygen atoms in total. The summed E-state index contributed by atoms with van der Waals surface area (Å²) < 4.78 is 5.47. The first-order valence-electron chi connectivity index (χ1n) is 7.43. The van der Waals surface area contributed by atoms with E-state index in [1.807, 2.05) is 0 Å². The van der Waals surface area contributed by atoms with Crippen molar-refractivity contribution in [2.75, 3.05) is 7.11 Å². The van der Waals surface area contributed by atoms with Gasteiger partial charge in [0.05, 0.1) is 11.7 Å². The van der Waals surface area contributed by atoms with E-state index in [-0.39, 0.29) is 6.10 Å². The summed E-state index contributed by atoms with van der Waals surface area (Å²) in [6.07, 6.45) is 10.8. The Bertz CT molecular complexity index is 241. The molecule has 4 atom stereocenters. The smallest absolute Gasteiger partial charge is 0.0700 e. The third-order valence-corrected chi connectivity index (χ3v) is 5.17. The van der Waals surface area contributed by atoms with Gasteiger partial charge < -0.3 is 9.84 Å². The van der Waals surface area contributed by atoms with Crippen LogP contribution in [0.5, 0.6) is 0 Å². The Morgan fingerprint density at radius 1 is 1.24 bits per heavy atom. The minimum Gasteiger partial charge on any atom is -0.390 e. The van der Waals surface area contributed by atoms with E-state index in [9.17, 15) is 5.11 Å². The molecule has 2 rings (SSSR count). The zero-order valence-electron chi connectivity index (χ0n) is 11.5. The minimum atomic E-state index is -0.424. The van der Waals surface area contributed by atoms with Crippen molar-refractivity contribution in [3.05, 3.63) is 0 Å². The van der Waals surface area contributed by atoms with Gasteiger partial charge >= 0.3 is 0 Å². The molecule has 17 heavy (non-hydrogen) atoms. The van der Waals surface area contributed by atoms with Crippen molar-refractivity contribution in [3.8, 4) is 0 Å². The van der Waals surface area contributed by atoms with Crippen molar-refractivity contribution >= 4 is 0 Å². The first kappa shape index (κ1) is 13.4. The molecule has 0 saturated heterocycles. The van der Waals surface area contributed by atoms with E-state index in [0.717, 1.165) is 31.6 Å². The summed E-state index contributed by atoms with van der Waals surface area (Å²) in [6, 6.07) is 0. The lowest BCUT2D eigenvalue weighted by molar-refractivity contribution is -0.107. The van der Waals surface area contributed by atoms with Crippen LogP contribution < -0.4 is 0 Å². The van der Waals surface area contributed by atoms with Crippen molar-refractivity contribution in [1.29, 1.82) is 0 Å². The summed E-state index contributed by atoms with van der Waals surface area (Å²) in [7, 11) is 1.78. The summed E-state index contributed by atoms with van der Waals surface area (Å²) in [5.74, 6) is 1.37. The average Bonchev–Trinajstić information content (AvgIpc) is 2.39. The summed E-state index contributed by atoms with van der Waals surface area (Å²) in [5, 5.41) is 10.9. The lowest BCUT2D eigenvalue weighted by Gasteiger charge is -2.45. The highest BCUT2D eigenvalue weighted by molar-refractivity contribution is 4.94. The largest absolute Gasteiger partial charge is 0.390 e. The molecule has 4 unspecified atom stereocenters. The molecule has 2 fully saturated rings. The van der Waals surface area contributed by atoms with E-state index in [1.165, 1.54) is 32.1 Å². The third-order valence-electron chi connectivity index (χ3n) is 5.17. The van der Waals surface area contributed by atoms with E-state index >= 15 is 0 Å². The number of hydrogen-bond donors (Lipinski definition) is 1. The Balaban J connectivity index is 1.98. The van der Waals surface area contributed by atoms with E-state index in [2.05, 4.69) is 6.92 Å². The highest BCUT2D eigenvalue weighted by Gasteiger charge is 2.42. The van der Waals surface area contributed by atoms with Crippen LogP contribution in [-0.2, 0) is 4.74 Å². The van der Waals surface area contributed by atoms with Crippen molar-refractivity contribution in [3.63, 3.8) is 0 Å². The molecule has 0 amide bonds. The summed E-state index contributed by atoms with van der Waals surface area (Å²) >= 11 is 0. The van der Waals surface area contributed by atoms with Gasteiger partial charge in [0.25, 0.3) is 0 Å². The summed E-state index contributed by atoms with van der Waals surface area (Å²) in [5.41, 5.74) is -0.424. The van der Waals surface area contributed by atoms with Gasteiger partial charge in [-0.05, 0) is 43.9 Å². The van der Waals surface area contributed by atoms with Crippen LogP contribution in [0.15, 0.2) is 0 Å². The molecule has 2 heteroatoms. The molecule has 0 spiro atoms.